The molecule has 170 valence electrons. The van der Waals surface area contributed by atoms with Crippen molar-refractivity contribution < 1.29 is 19.1 Å². The number of para-hydroxylation sites is 1. The van der Waals surface area contributed by atoms with Gasteiger partial charge in [-0.1, -0.05) is 42.5 Å². The third kappa shape index (κ3) is 5.42. The summed E-state index contributed by atoms with van der Waals surface area (Å²) in [6.07, 6.45) is 3.12. The zero-order chi connectivity index (χ0) is 22.6. The van der Waals surface area contributed by atoms with Crippen molar-refractivity contribution >= 4 is 11.8 Å². The number of nitrogens with zero attached hydrogens (tertiary/aromatic N) is 2. The predicted octanol–water partition coefficient (Wildman–Crippen LogP) is 3.47. The lowest BCUT2D eigenvalue weighted by molar-refractivity contribution is -0.140. The van der Waals surface area contributed by atoms with Crippen molar-refractivity contribution in [2.45, 2.75) is 45.1 Å². The minimum absolute atomic E-state index is 0.0226. The van der Waals surface area contributed by atoms with Gasteiger partial charge < -0.3 is 19.3 Å². The summed E-state index contributed by atoms with van der Waals surface area (Å²) in [5.74, 6) is 1.48. The van der Waals surface area contributed by atoms with Crippen LogP contribution < -0.4 is 9.47 Å². The van der Waals surface area contributed by atoms with Crippen LogP contribution in [0.5, 0.6) is 11.5 Å². The van der Waals surface area contributed by atoms with Crippen LogP contribution in [-0.2, 0) is 22.4 Å². The molecule has 0 bridgehead atoms. The van der Waals surface area contributed by atoms with E-state index >= 15 is 0 Å². The number of carbonyl (C=O) groups excluding carboxylic acids is 2. The molecular formula is C26H32N2O4. The lowest BCUT2D eigenvalue weighted by atomic mass is 10.0. The standard InChI is InChI=1S/C26H32N2O4/c1-26(2)18-21-11-7-12-22(25(21)32-26)31-19-24(30)28-16-14-27(15-17-28)23(29)13-6-10-20-8-4-3-5-9-20/h3-5,7-9,11-12H,6,10,13-19H2,1-2H3. The highest BCUT2D eigenvalue weighted by atomic mass is 16.5. The minimum atomic E-state index is -0.254. The Labute approximate surface area is 190 Å². The van der Waals surface area contributed by atoms with Crippen LogP contribution in [0.3, 0.4) is 0 Å². The molecule has 0 saturated carbocycles. The van der Waals surface area contributed by atoms with Gasteiger partial charge in [-0.05, 0) is 38.3 Å². The number of carbonyl (C=O) groups is 2. The zero-order valence-corrected chi connectivity index (χ0v) is 19.0. The molecule has 0 radical (unpaired) electrons. The van der Waals surface area contributed by atoms with Gasteiger partial charge in [-0.25, -0.2) is 0 Å². The first-order valence-electron chi connectivity index (χ1n) is 11.4. The highest BCUT2D eigenvalue weighted by Gasteiger charge is 2.32. The Kier molecular flexibility index (Phi) is 6.68. The number of ether oxygens (including phenoxy) is 2. The average Bonchev–Trinajstić information content (AvgIpc) is 3.12. The smallest absolute Gasteiger partial charge is 0.260 e. The van der Waals surface area contributed by atoms with Crippen molar-refractivity contribution in [2.24, 2.45) is 0 Å². The highest BCUT2D eigenvalue weighted by Crippen LogP contribution is 2.41. The van der Waals surface area contributed by atoms with Crippen LogP contribution in [-0.4, -0.2) is 60.0 Å². The molecule has 0 spiro atoms. The van der Waals surface area contributed by atoms with Gasteiger partial charge in [0, 0.05) is 44.6 Å². The highest BCUT2D eigenvalue weighted by molar-refractivity contribution is 5.79. The van der Waals surface area contributed by atoms with Crippen molar-refractivity contribution in [1.29, 1.82) is 0 Å². The summed E-state index contributed by atoms with van der Waals surface area (Å²) in [6, 6.07) is 16.1. The maximum atomic E-state index is 12.7. The van der Waals surface area contributed by atoms with Gasteiger partial charge in [0.1, 0.15) is 5.60 Å². The first kappa shape index (κ1) is 22.2. The normalized spacial score (nSPS) is 16.9. The van der Waals surface area contributed by atoms with E-state index in [1.54, 1.807) is 4.90 Å². The number of fused-ring (bicyclic) bond motifs is 1. The molecule has 2 heterocycles. The Morgan fingerprint density at radius 2 is 1.62 bits per heavy atom. The SMILES string of the molecule is CC1(C)Cc2cccc(OCC(=O)N3CCN(C(=O)CCCc4ccccc4)CC3)c2O1. The molecule has 0 N–H and O–H groups in total. The van der Waals surface area contributed by atoms with Gasteiger partial charge in [-0.3, -0.25) is 9.59 Å². The van der Waals surface area contributed by atoms with Gasteiger partial charge >= 0.3 is 0 Å². The molecule has 0 aromatic heterocycles. The summed E-state index contributed by atoms with van der Waals surface area (Å²) in [5.41, 5.74) is 2.11. The quantitative estimate of drug-likeness (QED) is 0.667. The van der Waals surface area contributed by atoms with Gasteiger partial charge in [0.05, 0.1) is 0 Å². The maximum Gasteiger partial charge on any atom is 0.260 e. The molecule has 1 saturated heterocycles. The number of hydrogen-bond acceptors (Lipinski definition) is 4. The second-order valence-corrected chi connectivity index (χ2v) is 9.17. The molecule has 2 aliphatic rings. The number of aryl methyl sites for hydroxylation is 1. The molecule has 2 aromatic rings. The Bertz CT molecular complexity index is 950. The first-order chi connectivity index (χ1) is 15.4. The average molecular weight is 437 g/mol. The molecular weight excluding hydrogens is 404 g/mol. The van der Waals surface area contributed by atoms with Crippen LogP contribution >= 0.6 is 0 Å². The van der Waals surface area contributed by atoms with E-state index in [1.807, 2.05) is 55.1 Å². The van der Waals surface area contributed by atoms with Crippen LogP contribution in [0.15, 0.2) is 48.5 Å². The summed E-state index contributed by atoms with van der Waals surface area (Å²) in [6.45, 7) is 6.31. The second-order valence-electron chi connectivity index (χ2n) is 9.17. The molecule has 0 aliphatic carbocycles. The van der Waals surface area contributed by atoms with E-state index in [9.17, 15) is 9.59 Å². The summed E-state index contributed by atoms with van der Waals surface area (Å²) in [5, 5.41) is 0. The Morgan fingerprint density at radius 3 is 2.34 bits per heavy atom. The molecule has 6 nitrogen and oxygen atoms in total. The van der Waals surface area contributed by atoms with E-state index in [1.165, 1.54) is 5.56 Å². The molecule has 2 aliphatic heterocycles. The molecule has 0 unspecified atom stereocenters. The third-order valence-corrected chi connectivity index (χ3v) is 6.09. The van der Waals surface area contributed by atoms with E-state index in [2.05, 4.69) is 12.1 Å². The summed E-state index contributed by atoms with van der Waals surface area (Å²) in [7, 11) is 0. The molecule has 32 heavy (non-hydrogen) atoms. The van der Waals surface area contributed by atoms with Crippen LogP contribution in [0.2, 0.25) is 0 Å². The molecule has 6 heteroatoms. The van der Waals surface area contributed by atoms with E-state index < -0.39 is 0 Å². The monoisotopic (exact) mass is 436 g/mol. The largest absolute Gasteiger partial charge is 0.483 e. The van der Waals surface area contributed by atoms with E-state index in [0.29, 0.717) is 38.3 Å². The topological polar surface area (TPSA) is 59.1 Å². The van der Waals surface area contributed by atoms with Crippen molar-refractivity contribution in [3.05, 3.63) is 59.7 Å². The summed E-state index contributed by atoms with van der Waals surface area (Å²) >= 11 is 0. The second kappa shape index (κ2) is 9.63. The lowest BCUT2D eigenvalue weighted by Gasteiger charge is -2.34. The fourth-order valence-electron chi connectivity index (χ4n) is 4.38. The van der Waals surface area contributed by atoms with E-state index in [0.717, 1.165) is 30.6 Å². The van der Waals surface area contributed by atoms with Gasteiger partial charge in [0.25, 0.3) is 5.91 Å². The van der Waals surface area contributed by atoms with E-state index in [4.69, 9.17) is 9.47 Å². The van der Waals surface area contributed by atoms with Gasteiger partial charge in [0.2, 0.25) is 5.91 Å². The molecule has 2 aromatic carbocycles. The minimum Gasteiger partial charge on any atom is -0.483 e. The first-order valence-corrected chi connectivity index (χ1v) is 11.4. The number of piperazine rings is 1. The Balaban J connectivity index is 1.20. The van der Waals surface area contributed by atoms with Crippen LogP contribution in [0, 0.1) is 0 Å². The third-order valence-electron chi connectivity index (χ3n) is 6.09. The van der Waals surface area contributed by atoms with Crippen molar-refractivity contribution in [3.8, 4) is 11.5 Å². The zero-order valence-electron chi connectivity index (χ0n) is 19.0. The molecule has 2 amide bonds. The Hall–Kier alpha value is -3.02. The number of benzene rings is 2. The maximum absolute atomic E-state index is 12.7. The van der Waals surface area contributed by atoms with Crippen LogP contribution in [0.1, 0.15) is 37.8 Å². The van der Waals surface area contributed by atoms with Crippen molar-refractivity contribution in [2.75, 3.05) is 32.8 Å². The van der Waals surface area contributed by atoms with Crippen molar-refractivity contribution in [1.82, 2.24) is 9.80 Å². The van der Waals surface area contributed by atoms with Gasteiger partial charge in [0.15, 0.2) is 18.1 Å². The fourth-order valence-corrected chi connectivity index (χ4v) is 4.38. The number of amides is 2. The van der Waals surface area contributed by atoms with Gasteiger partial charge in [-0.2, -0.15) is 0 Å². The molecule has 0 atom stereocenters. The summed E-state index contributed by atoms with van der Waals surface area (Å²) < 4.78 is 11.8. The fraction of sp³-hybridized carbons (Fsp3) is 0.462. The van der Waals surface area contributed by atoms with E-state index in [-0.39, 0.29) is 24.0 Å². The molecule has 1 fully saturated rings. The van der Waals surface area contributed by atoms with Gasteiger partial charge in [-0.15, -0.1) is 0 Å². The predicted molar refractivity (Wildman–Crippen MR) is 123 cm³/mol. The van der Waals surface area contributed by atoms with Crippen molar-refractivity contribution in [3.63, 3.8) is 0 Å². The van der Waals surface area contributed by atoms with Crippen LogP contribution in [0.25, 0.3) is 0 Å². The molecule has 4 rings (SSSR count). The number of hydrogen-bond donors (Lipinski definition) is 0. The Morgan fingerprint density at radius 1 is 0.938 bits per heavy atom. The number of rotatable bonds is 7. The lowest BCUT2D eigenvalue weighted by Crippen LogP contribution is -2.51. The summed E-state index contributed by atoms with van der Waals surface area (Å²) in [4.78, 5) is 28.8. The van der Waals surface area contributed by atoms with Crippen LogP contribution in [0.4, 0.5) is 0 Å².